The highest BCUT2D eigenvalue weighted by Gasteiger charge is 2.23. The van der Waals surface area contributed by atoms with Crippen molar-refractivity contribution < 1.29 is 4.74 Å². The van der Waals surface area contributed by atoms with Gasteiger partial charge in [-0.1, -0.05) is 18.2 Å². The molecule has 1 aliphatic rings. The first-order chi connectivity index (χ1) is 10.7. The molecule has 1 unspecified atom stereocenters. The van der Waals surface area contributed by atoms with Gasteiger partial charge in [-0.2, -0.15) is 12.6 Å². The summed E-state index contributed by atoms with van der Waals surface area (Å²) in [5, 5.41) is 5.30. The van der Waals surface area contributed by atoms with E-state index in [9.17, 15) is 0 Å². The predicted octanol–water partition coefficient (Wildman–Crippen LogP) is 4.75. The minimum absolute atomic E-state index is 0.314. The van der Waals surface area contributed by atoms with Crippen LogP contribution in [0.2, 0.25) is 0 Å². The van der Waals surface area contributed by atoms with Gasteiger partial charge in [-0.25, -0.2) is 0 Å². The van der Waals surface area contributed by atoms with Crippen LogP contribution in [0.4, 0.5) is 0 Å². The molecular weight excluding hydrogens is 310 g/mol. The molecule has 2 heterocycles. The summed E-state index contributed by atoms with van der Waals surface area (Å²) in [5.74, 6) is 0.924. The van der Waals surface area contributed by atoms with E-state index in [1.807, 2.05) is 30.4 Å². The van der Waals surface area contributed by atoms with Crippen molar-refractivity contribution in [3.63, 3.8) is 0 Å². The Morgan fingerprint density at radius 3 is 2.82 bits per heavy atom. The first-order valence-electron chi connectivity index (χ1n) is 7.41. The second-order valence-electron chi connectivity index (χ2n) is 5.13. The van der Waals surface area contributed by atoms with Gasteiger partial charge >= 0.3 is 0 Å². The van der Waals surface area contributed by atoms with Crippen LogP contribution >= 0.6 is 24.0 Å². The number of methoxy groups -OCH3 is 1. The van der Waals surface area contributed by atoms with Gasteiger partial charge in [0.25, 0.3) is 0 Å². The molecule has 0 saturated heterocycles. The van der Waals surface area contributed by atoms with Crippen LogP contribution in [0.1, 0.15) is 33.8 Å². The number of thiol groups is 1. The summed E-state index contributed by atoms with van der Waals surface area (Å²) >= 11 is 5.67. The maximum absolute atomic E-state index is 5.31. The van der Waals surface area contributed by atoms with Crippen LogP contribution in [0.5, 0.6) is 5.75 Å². The zero-order valence-corrected chi connectivity index (χ0v) is 15.0. The van der Waals surface area contributed by atoms with Crippen LogP contribution in [0.25, 0.3) is 0 Å². The summed E-state index contributed by atoms with van der Waals surface area (Å²) < 4.78 is 5.31. The number of rotatable bonds is 2. The zero-order valence-electron chi connectivity index (χ0n) is 13.3. The van der Waals surface area contributed by atoms with Gasteiger partial charge in [0.2, 0.25) is 0 Å². The summed E-state index contributed by atoms with van der Waals surface area (Å²) in [7, 11) is 1.72. The third-order valence-corrected chi connectivity index (χ3v) is 4.98. The number of hydrogen-bond acceptors (Lipinski definition) is 4. The smallest absolute Gasteiger partial charge is 0.119 e. The lowest BCUT2D eigenvalue weighted by atomic mass is 9.95. The predicted molar refractivity (Wildman–Crippen MR) is 99.4 cm³/mol. The molecule has 0 saturated carbocycles. The number of hydrogen-bond donors (Lipinski definition) is 2. The van der Waals surface area contributed by atoms with Gasteiger partial charge in [-0.05, 0) is 55.0 Å². The molecule has 1 aliphatic heterocycles. The van der Waals surface area contributed by atoms with Crippen molar-refractivity contribution in [2.75, 3.05) is 13.7 Å². The largest absolute Gasteiger partial charge is 0.497 e. The van der Waals surface area contributed by atoms with Crippen LogP contribution < -0.4 is 10.1 Å². The monoisotopic (exact) mass is 333 g/mol. The first-order valence-corrected chi connectivity index (χ1v) is 8.74. The molecule has 2 nitrogen and oxygen atoms in total. The number of thiophene rings is 1. The number of nitrogens with one attached hydrogen (secondary N) is 1. The molecule has 0 radical (unpaired) electrons. The molecule has 118 valence electrons. The molecule has 1 N–H and O–H groups in total. The highest BCUT2D eigenvalue weighted by atomic mass is 32.1. The molecule has 0 aliphatic carbocycles. The van der Waals surface area contributed by atoms with Crippen LogP contribution in [0, 0.1) is 6.92 Å². The minimum atomic E-state index is 0.314. The number of ether oxygens (including phenoxy) is 1. The molecule has 2 aromatic rings. The molecule has 1 aromatic heterocycles. The van der Waals surface area contributed by atoms with Crippen molar-refractivity contribution in [2.24, 2.45) is 0 Å². The summed E-state index contributed by atoms with van der Waals surface area (Å²) in [6, 6.07) is 11.0. The summed E-state index contributed by atoms with van der Waals surface area (Å²) in [6.45, 7) is 5.16. The quantitative estimate of drug-likeness (QED) is 0.774. The lowest BCUT2D eigenvalue weighted by Gasteiger charge is -2.25. The van der Waals surface area contributed by atoms with Crippen molar-refractivity contribution in [1.82, 2.24) is 5.32 Å². The Hall–Kier alpha value is -1.23. The highest BCUT2D eigenvalue weighted by molar-refractivity contribution is 7.83. The second kappa shape index (κ2) is 8.42. The lowest BCUT2D eigenvalue weighted by Crippen LogP contribution is -2.29. The lowest BCUT2D eigenvalue weighted by molar-refractivity contribution is 0.413. The van der Waals surface area contributed by atoms with Gasteiger partial charge in [0.05, 0.1) is 13.2 Å². The van der Waals surface area contributed by atoms with Crippen LogP contribution in [-0.2, 0) is 6.42 Å². The van der Waals surface area contributed by atoms with Gasteiger partial charge < -0.3 is 10.1 Å². The zero-order chi connectivity index (χ0) is 15.9. The van der Waals surface area contributed by atoms with E-state index in [-0.39, 0.29) is 0 Å². The van der Waals surface area contributed by atoms with Crippen molar-refractivity contribution in [3.05, 3.63) is 62.7 Å². The molecule has 0 bridgehead atoms. The topological polar surface area (TPSA) is 21.3 Å². The molecule has 3 rings (SSSR count). The molecular formula is C18H23NOS2. The van der Waals surface area contributed by atoms with E-state index in [4.69, 9.17) is 4.74 Å². The maximum Gasteiger partial charge on any atom is 0.119 e. The maximum atomic E-state index is 5.31. The van der Waals surface area contributed by atoms with E-state index < -0.39 is 0 Å². The van der Waals surface area contributed by atoms with E-state index >= 15 is 0 Å². The molecule has 4 heteroatoms. The van der Waals surface area contributed by atoms with Crippen LogP contribution in [-0.4, -0.2) is 13.7 Å². The Morgan fingerprint density at radius 1 is 1.36 bits per heavy atom. The second-order valence-corrected chi connectivity index (χ2v) is 6.77. The molecule has 1 atom stereocenters. The van der Waals surface area contributed by atoms with Gasteiger partial charge in [0.15, 0.2) is 0 Å². The summed E-state index contributed by atoms with van der Waals surface area (Å²) in [4.78, 5) is 2.93. The Morgan fingerprint density at radius 2 is 2.14 bits per heavy atom. The van der Waals surface area contributed by atoms with Gasteiger partial charge in [0, 0.05) is 16.3 Å². The number of allylic oxidation sites excluding steroid dienone is 1. The van der Waals surface area contributed by atoms with Crippen molar-refractivity contribution in [2.45, 2.75) is 26.3 Å². The van der Waals surface area contributed by atoms with E-state index in [0.29, 0.717) is 6.04 Å². The standard InChI is InChI=1S/C15H17NOS.C3H6S/c1-10-8-13-14(18-10)6-7-16-15(13)11-4-3-5-12(9-11)17-2;1-2-3-4/h3-5,8-9,15-16H,6-7H2,1-2H3;2-4H,1H3/b;3-2-. The SMILES string of the molecule is C/C=C\S.COc1cccc(C2NCCc3sc(C)cc32)c1. The van der Waals surface area contributed by atoms with E-state index in [2.05, 4.69) is 49.1 Å². The normalized spacial score (nSPS) is 16.8. The van der Waals surface area contributed by atoms with E-state index in [1.165, 1.54) is 20.9 Å². The van der Waals surface area contributed by atoms with Crippen molar-refractivity contribution in [3.8, 4) is 5.75 Å². The average molecular weight is 334 g/mol. The first kappa shape index (κ1) is 17.1. The third-order valence-electron chi connectivity index (χ3n) is 3.55. The Balaban J connectivity index is 0.000000396. The highest BCUT2D eigenvalue weighted by Crippen LogP contribution is 2.35. The summed E-state index contributed by atoms with van der Waals surface area (Å²) in [5.41, 5.74) is 2.73. The Bertz CT molecular complexity index is 630. The fourth-order valence-electron chi connectivity index (χ4n) is 2.58. The fourth-order valence-corrected chi connectivity index (χ4v) is 3.65. The van der Waals surface area contributed by atoms with Crippen LogP contribution in [0.3, 0.4) is 0 Å². The van der Waals surface area contributed by atoms with Crippen molar-refractivity contribution in [1.29, 1.82) is 0 Å². The number of aryl methyl sites for hydroxylation is 1. The molecule has 0 spiro atoms. The average Bonchev–Trinajstić information content (AvgIpc) is 2.95. The molecule has 0 fully saturated rings. The van der Waals surface area contributed by atoms with Gasteiger partial charge in [-0.15, -0.1) is 11.3 Å². The molecule has 0 amide bonds. The molecule has 22 heavy (non-hydrogen) atoms. The van der Waals surface area contributed by atoms with Crippen LogP contribution in [0.15, 0.2) is 41.8 Å². The fraction of sp³-hybridized carbons (Fsp3) is 0.333. The van der Waals surface area contributed by atoms with Crippen molar-refractivity contribution >= 4 is 24.0 Å². The third kappa shape index (κ3) is 4.15. The molecule has 1 aromatic carbocycles. The summed E-state index contributed by atoms with van der Waals surface area (Å²) in [6.07, 6.45) is 3.01. The van der Waals surface area contributed by atoms with E-state index in [0.717, 1.165) is 18.7 Å². The van der Waals surface area contributed by atoms with Gasteiger partial charge in [-0.3, -0.25) is 0 Å². The number of benzene rings is 1. The Kier molecular flexibility index (Phi) is 6.55. The van der Waals surface area contributed by atoms with Gasteiger partial charge in [0.1, 0.15) is 5.75 Å². The Labute approximate surface area is 142 Å². The minimum Gasteiger partial charge on any atom is -0.497 e. The van der Waals surface area contributed by atoms with E-state index in [1.54, 1.807) is 12.5 Å². The number of fused-ring (bicyclic) bond motifs is 1.